The van der Waals surface area contributed by atoms with Gasteiger partial charge in [-0.05, 0) is 45.8 Å². The van der Waals surface area contributed by atoms with E-state index < -0.39 is 5.60 Å². The SMILES string of the molecule is CC(C)(C)OC(=O)C1CCN(C(=N)/C=C\C(=N)Cl)CC1. The highest BCUT2D eigenvalue weighted by molar-refractivity contribution is 6.67. The third-order valence-electron chi connectivity index (χ3n) is 2.96. The smallest absolute Gasteiger partial charge is 0.309 e. The van der Waals surface area contributed by atoms with Gasteiger partial charge in [0, 0.05) is 13.1 Å². The van der Waals surface area contributed by atoms with Gasteiger partial charge in [-0.1, -0.05) is 11.6 Å². The van der Waals surface area contributed by atoms with E-state index in [1.807, 2.05) is 25.7 Å². The molecule has 2 N–H and O–H groups in total. The predicted octanol–water partition coefficient (Wildman–Crippen LogP) is 2.79. The van der Waals surface area contributed by atoms with E-state index in [0.717, 1.165) is 0 Å². The molecule has 0 spiro atoms. The van der Waals surface area contributed by atoms with E-state index in [9.17, 15) is 4.79 Å². The number of amidine groups is 1. The molecule has 0 bridgehead atoms. The molecular formula is C14H22ClN3O2. The van der Waals surface area contributed by atoms with E-state index in [0.29, 0.717) is 31.8 Å². The summed E-state index contributed by atoms with van der Waals surface area (Å²) in [6, 6.07) is 0. The first-order valence-electron chi connectivity index (χ1n) is 6.67. The van der Waals surface area contributed by atoms with Crippen molar-refractivity contribution in [3.8, 4) is 0 Å². The summed E-state index contributed by atoms with van der Waals surface area (Å²) in [4.78, 5) is 13.8. The van der Waals surface area contributed by atoms with Gasteiger partial charge in [0.15, 0.2) is 0 Å². The number of allylic oxidation sites excluding steroid dienone is 1. The van der Waals surface area contributed by atoms with E-state index in [4.69, 9.17) is 27.2 Å². The van der Waals surface area contributed by atoms with Crippen LogP contribution < -0.4 is 0 Å². The number of hydrogen-bond donors (Lipinski definition) is 2. The molecule has 0 aromatic heterocycles. The zero-order chi connectivity index (χ0) is 15.3. The first-order valence-corrected chi connectivity index (χ1v) is 7.05. The lowest BCUT2D eigenvalue weighted by atomic mass is 9.96. The van der Waals surface area contributed by atoms with Gasteiger partial charge in [0.05, 0.1) is 5.92 Å². The number of halogens is 1. The third kappa shape index (κ3) is 5.74. The average molecular weight is 300 g/mol. The van der Waals surface area contributed by atoms with Gasteiger partial charge in [0.25, 0.3) is 0 Å². The molecule has 112 valence electrons. The molecule has 1 fully saturated rings. The Kier molecular flexibility index (Phi) is 5.74. The molecule has 1 aliphatic heterocycles. The highest BCUT2D eigenvalue weighted by Gasteiger charge is 2.29. The summed E-state index contributed by atoms with van der Waals surface area (Å²) in [5.41, 5.74) is -0.454. The Morgan fingerprint density at radius 1 is 1.25 bits per heavy atom. The summed E-state index contributed by atoms with van der Waals surface area (Å²) in [7, 11) is 0. The Morgan fingerprint density at radius 3 is 2.25 bits per heavy atom. The number of esters is 1. The standard InChI is InChI=1S/C14H22ClN3O2/c1-14(2,3)20-13(19)10-6-8-18(9-7-10)12(17)5-4-11(15)16/h4-5,10,16-17H,6-9H2,1-3H3/b5-4-,16-11?,17-12?. The van der Waals surface area contributed by atoms with Crippen molar-refractivity contribution in [1.29, 1.82) is 10.8 Å². The van der Waals surface area contributed by atoms with Gasteiger partial charge in [0.2, 0.25) is 0 Å². The van der Waals surface area contributed by atoms with Crippen molar-refractivity contribution in [3.63, 3.8) is 0 Å². The van der Waals surface area contributed by atoms with Crippen molar-refractivity contribution in [3.05, 3.63) is 12.2 Å². The molecule has 0 aromatic rings. The minimum Gasteiger partial charge on any atom is -0.460 e. The fourth-order valence-corrected chi connectivity index (χ4v) is 2.06. The van der Waals surface area contributed by atoms with Crippen LogP contribution in [0.25, 0.3) is 0 Å². The Bertz CT molecular complexity index is 419. The van der Waals surface area contributed by atoms with Crippen molar-refractivity contribution in [2.24, 2.45) is 5.92 Å². The quantitative estimate of drug-likeness (QED) is 0.478. The molecular weight excluding hydrogens is 278 g/mol. The van der Waals surface area contributed by atoms with Crippen molar-refractivity contribution in [1.82, 2.24) is 4.90 Å². The Hall–Kier alpha value is -1.36. The molecule has 6 heteroatoms. The van der Waals surface area contributed by atoms with Crippen LogP contribution in [-0.2, 0) is 9.53 Å². The summed E-state index contributed by atoms with van der Waals surface area (Å²) < 4.78 is 5.38. The summed E-state index contributed by atoms with van der Waals surface area (Å²) in [5.74, 6) is 0.0772. The maximum Gasteiger partial charge on any atom is 0.309 e. The maximum absolute atomic E-state index is 12.0. The van der Waals surface area contributed by atoms with Gasteiger partial charge in [-0.15, -0.1) is 0 Å². The second kappa shape index (κ2) is 6.88. The van der Waals surface area contributed by atoms with Gasteiger partial charge < -0.3 is 9.64 Å². The summed E-state index contributed by atoms with van der Waals surface area (Å²) in [5, 5.41) is 14.8. The molecule has 0 atom stereocenters. The number of nitrogens with one attached hydrogen (secondary N) is 2. The van der Waals surface area contributed by atoms with E-state index in [1.165, 1.54) is 12.2 Å². The summed E-state index contributed by atoms with van der Waals surface area (Å²) in [6.07, 6.45) is 4.25. The third-order valence-corrected chi connectivity index (χ3v) is 3.09. The first kappa shape index (κ1) is 16.7. The van der Waals surface area contributed by atoms with E-state index in [-0.39, 0.29) is 17.1 Å². The lowest BCUT2D eigenvalue weighted by Crippen LogP contribution is -2.40. The lowest BCUT2D eigenvalue weighted by Gasteiger charge is -2.33. The van der Waals surface area contributed by atoms with Crippen molar-refractivity contribution >= 4 is 28.6 Å². The molecule has 0 aliphatic carbocycles. The zero-order valence-corrected chi connectivity index (χ0v) is 13.0. The van der Waals surface area contributed by atoms with Crippen LogP contribution in [0.4, 0.5) is 0 Å². The molecule has 20 heavy (non-hydrogen) atoms. The second-order valence-corrected chi connectivity index (χ2v) is 6.27. The maximum atomic E-state index is 12.0. The minimum atomic E-state index is -0.454. The molecule has 1 rings (SSSR count). The highest BCUT2D eigenvalue weighted by atomic mass is 35.5. The molecule has 0 aromatic carbocycles. The van der Waals surface area contributed by atoms with Crippen LogP contribution in [0.1, 0.15) is 33.6 Å². The van der Waals surface area contributed by atoms with Gasteiger partial charge in [0.1, 0.15) is 16.6 Å². The minimum absolute atomic E-state index is 0.0893. The number of rotatable bonds is 3. The van der Waals surface area contributed by atoms with Crippen LogP contribution in [-0.4, -0.2) is 40.6 Å². The number of hydrogen-bond acceptors (Lipinski definition) is 4. The highest BCUT2D eigenvalue weighted by Crippen LogP contribution is 2.21. The molecule has 0 saturated carbocycles. The Labute approximate surface area is 124 Å². The number of ether oxygens (including phenoxy) is 1. The predicted molar refractivity (Wildman–Crippen MR) is 80.6 cm³/mol. The zero-order valence-electron chi connectivity index (χ0n) is 12.2. The molecule has 0 unspecified atom stereocenters. The topological polar surface area (TPSA) is 77.2 Å². The number of nitrogens with zero attached hydrogens (tertiary/aromatic N) is 1. The van der Waals surface area contributed by atoms with Crippen LogP contribution in [0.5, 0.6) is 0 Å². The van der Waals surface area contributed by atoms with Gasteiger partial charge in [-0.2, -0.15) is 0 Å². The van der Waals surface area contributed by atoms with Crippen LogP contribution in [0, 0.1) is 16.7 Å². The van der Waals surface area contributed by atoms with E-state index in [2.05, 4.69) is 0 Å². The largest absolute Gasteiger partial charge is 0.460 e. The van der Waals surface area contributed by atoms with Crippen molar-refractivity contribution in [2.45, 2.75) is 39.2 Å². The Balaban J connectivity index is 2.46. The molecule has 0 amide bonds. The molecule has 1 aliphatic rings. The number of piperidine rings is 1. The van der Waals surface area contributed by atoms with Crippen LogP contribution in [0.2, 0.25) is 0 Å². The average Bonchev–Trinajstić information content (AvgIpc) is 2.34. The summed E-state index contributed by atoms with van der Waals surface area (Å²) >= 11 is 5.41. The lowest BCUT2D eigenvalue weighted by molar-refractivity contribution is -0.161. The summed E-state index contributed by atoms with van der Waals surface area (Å²) in [6.45, 7) is 6.87. The van der Waals surface area contributed by atoms with Gasteiger partial charge in [-0.25, -0.2) is 0 Å². The van der Waals surface area contributed by atoms with Crippen molar-refractivity contribution in [2.75, 3.05) is 13.1 Å². The van der Waals surface area contributed by atoms with Crippen LogP contribution in [0.3, 0.4) is 0 Å². The Morgan fingerprint density at radius 2 is 1.80 bits per heavy atom. The number of carbonyl (C=O) groups excluding carboxylic acids is 1. The molecule has 5 nitrogen and oxygen atoms in total. The van der Waals surface area contributed by atoms with Crippen LogP contribution >= 0.6 is 11.6 Å². The first-order chi connectivity index (χ1) is 9.19. The number of likely N-dealkylation sites (tertiary alicyclic amines) is 1. The van der Waals surface area contributed by atoms with Gasteiger partial charge >= 0.3 is 5.97 Å². The molecule has 1 heterocycles. The second-order valence-electron chi connectivity index (χ2n) is 5.86. The van der Waals surface area contributed by atoms with E-state index in [1.54, 1.807) is 0 Å². The monoisotopic (exact) mass is 299 g/mol. The fourth-order valence-electron chi connectivity index (χ4n) is 2.00. The fraction of sp³-hybridized carbons (Fsp3) is 0.643. The van der Waals surface area contributed by atoms with Crippen LogP contribution in [0.15, 0.2) is 12.2 Å². The molecule has 1 saturated heterocycles. The van der Waals surface area contributed by atoms with E-state index >= 15 is 0 Å². The number of carbonyl (C=O) groups is 1. The van der Waals surface area contributed by atoms with Crippen molar-refractivity contribution < 1.29 is 9.53 Å². The molecule has 0 radical (unpaired) electrons. The van der Waals surface area contributed by atoms with Gasteiger partial charge in [-0.3, -0.25) is 15.6 Å². The normalized spacial score (nSPS) is 17.3.